The van der Waals surface area contributed by atoms with Crippen LogP contribution >= 0.6 is 15.9 Å². The first-order valence-corrected chi connectivity index (χ1v) is 6.63. The van der Waals surface area contributed by atoms with Gasteiger partial charge < -0.3 is 4.90 Å². The van der Waals surface area contributed by atoms with Gasteiger partial charge in [-0.25, -0.2) is 0 Å². The SMILES string of the molecule is CCC1CCCN1c1ccc(Br)cc1[N+](=O)[O-]. The summed E-state index contributed by atoms with van der Waals surface area (Å²) in [6, 6.07) is 5.74. The Hall–Kier alpha value is -1.10. The van der Waals surface area contributed by atoms with Crippen molar-refractivity contribution < 1.29 is 4.92 Å². The lowest BCUT2D eigenvalue weighted by Crippen LogP contribution is -2.28. The number of nitrogens with zero attached hydrogens (tertiary/aromatic N) is 2. The van der Waals surface area contributed by atoms with E-state index in [4.69, 9.17) is 0 Å². The van der Waals surface area contributed by atoms with Crippen molar-refractivity contribution in [2.75, 3.05) is 11.4 Å². The second-order valence-corrected chi connectivity index (χ2v) is 5.20. The highest BCUT2D eigenvalue weighted by Crippen LogP contribution is 2.36. The Morgan fingerprint density at radius 2 is 2.35 bits per heavy atom. The maximum atomic E-state index is 11.1. The minimum Gasteiger partial charge on any atom is -0.363 e. The molecule has 0 aliphatic carbocycles. The molecule has 4 nitrogen and oxygen atoms in total. The zero-order valence-electron chi connectivity index (χ0n) is 9.73. The molecular weight excluding hydrogens is 284 g/mol. The van der Waals surface area contributed by atoms with Crippen LogP contribution in [0, 0.1) is 10.1 Å². The lowest BCUT2D eigenvalue weighted by atomic mass is 10.1. The summed E-state index contributed by atoms with van der Waals surface area (Å²) >= 11 is 3.28. The van der Waals surface area contributed by atoms with Crippen molar-refractivity contribution in [2.24, 2.45) is 0 Å². The highest BCUT2D eigenvalue weighted by molar-refractivity contribution is 9.10. The lowest BCUT2D eigenvalue weighted by Gasteiger charge is -2.25. The highest BCUT2D eigenvalue weighted by atomic mass is 79.9. The zero-order chi connectivity index (χ0) is 12.4. The zero-order valence-corrected chi connectivity index (χ0v) is 11.3. The number of nitro groups is 1. The monoisotopic (exact) mass is 298 g/mol. The number of nitro benzene ring substituents is 1. The van der Waals surface area contributed by atoms with Crippen LogP contribution in [0.1, 0.15) is 26.2 Å². The van der Waals surface area contributed by atoms with Crippen molar-refractivity contribution in [1.29, 1.82) is 0 Å². The van der Waals surface area contributed by atoms with Gasteiger partial charge in [-0.05, 0) is 31.4 Å². The molecule has 0 aromatic heterocycles. The summed E-state index contributed by atoms with van der Waals surface area (Å²) in [5.74, 6) is 0. The molecule has 1 saturated heterocycles. The molecule has 2 rings (SSSR count). The fraction of sp³-hybridized carbons (Fsp3) is 0.500. The Kier molecular flexibility index (Phi) is 3.66. The van der Waals surface area contributed by atoms with Gasteiger partial charge in [-0.1, -0.05) is 22.9 Å². The fourth-order valence-corrected chi connectivity index (χ4v) is 2.81. The molecule has 1 aromatic rings. The Bertz CT molecular complexity index is 437. The van der Waals surface area contributed by atoms with E-state index in [0.717, 1.165) is 36.0 Å². The molecule has 1 unspecified atom stereocenters. The van der Waals surface area contributed by atoms with Gasteiger partial charge in [-0.3, -0.25) is 10.1 Å². The van der Waals surface area contributed by atoms with Gasteiger partial charge in [0.25, 0.3) is 5.69 Å². The number of anilines is 1. The van der Waals surface area contributed by atoms with Gasteiger partial charge in [0.05, 0.1) is 4.92 Å². The number of benzene rings is 1. The van der Waals surface area contributed by atoms with Crippen LogP contribution in [-0.4, -0.2) is 17.5 Å². The van der Waals surface area contributed by atoms with Gasteiger partial charge in [0.1, 0.15) is 5.69 Å². The smallest absolute Gasteiger partial charge is 0.293 e. The molecule has 1 heterocycles. The van der Waals surface area contributed by atoms with Crippen LogP contribution in [0.25, 0.3) is 0 Å². The van der Waals surface area contributed by atoms with Gasteiger partial charge in [0.15, 0.2) is 0 Å². The van der Waals surface area contributed by atoms with Gasteiger partial charge in [-0.15, -0.1) is 0 Å². The summed E-state index contributed by atoms with van der Waals surface area (Å²) in [7, 11) is 0. The first kappa shape index (κ1) is 12.4. The molecule has 0 N–H and O–H groups in total. The van der Waals surface area contributed by atoms with Crippen LogP contribution in [-0.2, 0) is 0 Å². The van der Waals surface area contributed by atoms with E-state index >= 15 is 0 Å². The van der Waals surface area contributed by atoms with Crippen LogP contribution in [0.3, 0.4) is 0 Å². The Morgan fingerprint density at radius 1 is 1.59 bits per heavy atom. The summed E-state index contributed by atoms with van der Waals surface area (Å²) in [6.45, 7) is 3.05. The summed E-state index contributed by atoms with van der Waals surface area (Å²) in [6.07, 6.45) is 3.28. The summed E-state index contributed by atoms with van der Waals surface area (Å²) in [5, 5.41) is 11.1. The highest BCUT2D eigenvalue weighted by Gasteiger charge is 2.28. The summed E-state index contributed by atoms with van der Waals surface area (Å²) < 4.78 is 0.750. The molecule has 0 radical (unpaired) electrons. The standard InChI is InChI=1S/C12H15BrN2O2/c1-2-10-4-3-7-14(10)11-6-5-9(13)8-12(11)15(16)17/h5-6,8,10H,2-4,7H2,1H3. The van der Waals surface area contributed by atoms with Crippen LogP contribution < -0.4 is 4.90 Å². The normalized spacial score (nSPS) is 19.6. The average Bonchev–Trinajstić information content (AvgIpc) is 2.76. The van der Waals surface area contributed by atoms with E-state index < -0.39 is 0 Å². The molecule has 1 aliphatic rings. The van der Waals surface area contributed by atoms with E-state index in [1.807, 2.05) is 12.1 Å². The van der Waals surface area contributed by atoms with Gasteiger partial charge in [-0.2, -0.15) is 0 Å². The fourth-order valence-electron chi connectivity index (χ4n) is 2.46. The predicted octanol–water partition coefficient (Wildman–Crippen LogP) is 3.74. The van der Waals surface area contributed by atoms with Crippen LogP contribution in [0.4, 0.5) is 11.4 Å². The third kappa shape index (κ3) is 2.44. The van der Waals surface area contributed by atoms with Crippen LogP contribution in [0.5, 0.6) is 0 Å². The molecule has 0 bridgehead atoms. The molecule has 1 fully saturated rings. The van der Waals surface area contributed by atoms with E-state index in [2.05, 4.69) is 27.8 Å². The van der Waals surface area contributed by atoms with Gasteiger partial charge in [0, 0.05) is 23.1 Å². The number of halogens is 1. The number of rotatable bonds is 3. The van der Waals surface area contributed by atoms with E-state index in [0.29, 0.717) is 6.04 Å². The van der Waals surface area contributed by atoms with Gasteiger partial charge in [0.2, 0.25) is 0 Å². The van der Waals surface area contributed by atoms with Crippen LogP contribution in [0.15, 0.2) is 22.7 Å². The van der Waals surface area contributed by atoms with Crippen molar-refractivity contribution in [1.82, 2.24) is 0 Å². The third-order valence-corrected chi connectivity index (χ3v) is 3.79. The van der Waals surface area contributed by atoms with Crippen molar-refractivity contribution in [2.45, 2.75) is 32.2 Å². The van der Waals surface area contributed by atoms with E-state index in [-0.39, 0.29) is 10.6 Å². The van der Waals surface area contributed by atoms with E-state index in [1.54, 1.807) is 6.07 Å². The minimum atomic E-state index is -0.300. The molecule has 92 valence electrons. The third-order valence-electron chi connectivity index (χ3n) is 3.29. The largest absolute Gasteiger partial charge is 0.363 e. The van der Waals surface area contributed by atoms with Crippen molar-refractivity contribution in [3.05, 3.63) is 32.8 Å². The van der Waals surface area contributed by atoms with E-state index in [1.165, 1.54) is 0 Å². The van der Waals surface area contributed by atoms with Crippen molar-refractivity contribution >= 4 is 27.3 Å². The number of hydrogen-bond acceptors (Lipinski definition) is 3. The number of hydrogen-bond donors (Lipinski definition) is 0. The lowest BCUT2D eigenvalue weighted by molar-refractivity contribution is -0.384. The molecule has 17 heavy (non-hydrogen) atoms. The van der Waals surface area contributed by atoms with Crippen molar-refractivity contribution in [3.63, 3.8) is 0 Å². The molecule has 0 saturated carbocycles. The summed E-state index contributed by atoms with van der Waals surface area (Å²) in [4.78, 5) is 13.0. The summed E-state index contributed by atoms with van der Waals surface area (Å²) in [5.41, 5.74) is 0.947. The first-order chi connectivity index (χ1) is 8.13. The quantitative estimate of drug-likeness (QED) is 0.631. The molecular formula is C12H15BrN2O2. The topological polar surface area (TPSA) is 46.4 Å². The van der Waals surface area contributed by atoms with Crippen molar-refractivity contribution in [3.8, 4) is 0 Å². The maximum absolute atomic E-state index is 11.1. The first-order valence-electron chi connectivity index (χ1n) is 5.84. The molecule has 1 atom stereocenters. The minimum absolute atomic E-state index is 0.194. The molecule has 1 aromatic carbocycles. The molecule has 0 spiro atoms. The van der Waals surface area contributed by atoms with Gasteiger partial charge >= 0.3 is 0 Å². The Morgan fingerprint density at radius 3 is 3.00 bits per heavy atom. The maximum Gasteiger partial charge on any atom is 0.293 e. The molecule has 1 aliphatic heterocycles. The molecule has 0 amide bonds. The Labute approximate surface area is 109 Å². The van der Waals surface area contributed by atoms with E-state index in [9.17, 15) is 10.1 Å². The predicted molar refractivity (Wildman–Crippen MR) is 71.5 cm³/mol. The average molecular weight is 299 g/mol. The second kappa shape index (κ2) is 5.04. The Balaban J connectivity index is 2.40. The second-order valence-electron chi connectivity index (χ2n) is 4.29. The molecule has 5 heteroatoms. The van der Waals surface area contributed by atoms with Crippen LogP contribution in [0.2, 0.25) is 0 Å².